The highest BCUT2D eigenvalue weighted by Crippen LogP contribution is 2.32. The van der Waals surface area contributed by atoms with E-state index in [1.807, 2.05) is 0 Å². The number of aliphatic carboxylic acids is 1. The van der Waals surface area contributed by atoms with E-state index in [4.69, 9.17) is 16.7 Å². The largest absolute Gasteiger partial charge is 0.481 e. The van der Waals surface area contributed by atoms with Crippen LogP contribution in [0.4, 0.5) is 0 Å². The summed E-state index contributed by atoms with van der Waals surface area (Å²) in [5.74, 6) is -1.82. The molecule has 1 rings (SSSR count). The van der Waals surface area contributed by atoms with E-state index in [0.29, 0.717) is 17.0 Å². The molecule has 0 fully saturated rings. The van der Waals surface area contributed by atoms with Crippen molar-refractivity contribution in [3.63, 3.8) is 0 Å². The maximum Gasteiger partial charge on any atom is 0.309 e. The zero-order valence-electron chi connectivity index (χ0n) is 9.27. The van der Waals surface area contributed by atoms with Gasteiger partial charge in [-0.05, 0) is 31.0 Å². The lowest BCUT2D eigenvalue weighted by Crippen LogP contribution is -2.36. The van der Waals surface area contributed by atoms with Crippen molar-refractivity contribution in [2.75, 3.05) is 0 Å². The maximum atomic E-state index is 11.0. The number of benzene rings is 1. The highest BCUT2D eigenvalue weighted by molar-refractivity contribution is 6.30. The predicted molar refractivity (Wildman–Crippen MR) is 62.4 cm³/mol. The van der Waals surface area contributed by atoms with E-state index >= 15 is 0 Å². The Morgan fingerprint density at radius 3 is 2.31 bits per heavy atom. The Balaban J connectivity index is 3.08. The Morgan fingerprint density at radius 2 is 1.94 bits per heavy atom. The third kappa shape index (κ3) is 2.54. The van der Waals surface area contributed by atoms with Crippen LogP contribution < -0.4 is 0 Å². The van der Waals surface area contributed by atoms with Gasteiger partial charge in [-0.3, -0.25) is 4.79 Å². The molecule has 16 heavy (non-hydrogen) atoms. The molecule has 0 aliphatic carbocycles. The quantitative estimate of drug-likeness (QED) is 0.854. The van der Waals surface area contributed by atoms with E-state index in [2.05, 4.69) is 0 Å². The lowest BCUT2D eigenvalue weighted by molar-refractivity contribution is -0.152. The van der Waals surface area contributed by atoms with E-state index in [1.165, 1.54) is 6.92 Å². The van der Waals surface area contributed by atoms with E-state index in [0.717, 1.165) is 0 Å². The molecule has 0 radical (unpaired) electrons. The smallest absolute Gasteiger partial charge is 0.309 e. The molecule has 0 aromatic heterocycles. The predicted octanol–water partition coefficient (Wildman–Crippen LogP) is 2.66. The Bertz CT molecular complexity index is 370. The number of hydrogen-bond donors (Lipinski definition) is 2. The number of hydrogen-bond acceptors (Lipinski definition) is 2. The van der Waals surface area contributed by atoms with Gasteiger partial charge in [0.05, 0.1) is 5.92 Å². The summed E-state index contributed by atoms with van der Waals surface area (Å²) >= 11 is 5.74. The number of carboxylic acid groups (broad SMARTS) is 1. The molecule has 1 aromatic rings. The second-order valence-corrected chi connectivity index (χ2v) is 4.39. The van der Waals surface area contributed by atoms with Crippen LogP contribution in [0.15, 0.2) is 24.3 Å². The van der Waals surface area contributed by atoms with Gasteiger partial charge in [0.25, 0.3) is 0 Å². The molecular weight excluding hydrogens is 228 g/mol. The Morgan fingerprint density at radius 1 is 1.44 bits per heavy atom. The first-order chi connectivity index (χ1) is 7.39. The highest BCUT2D eigenvalue weighted by atomic mass is 35.5. The van der Waals surface area contributed by atoms with Gasteiger partial charge in [-0.15, -0.1) is 0 Å². The number of rotatable bonds is 4. The molecule has 2 atom stereocenters. The Kier molecular flexibility index (Phi) is 3.94. The molecule has 0 amide bonds. The lowest BCUT2D eigenvalue weighted by Gasteiger charge is -2.29. The molecule has 4 heteroatoms. The van der Waals surface area contributed by atoms with Crippen molar-refractivity contribution in [1.82, 2.24) is 0 Å². The first-order valence-electron chi connectivity index (χ1n) is 5.10. The summed E-state index contributed by atoms with van der Waals surface area (Å²) in [5.41, 5.74) is -0.823. The number of halogens is 1. The van der Waals surface area contributed by atoms with Gasteiger partial charge in [0.15, 0.2) is 0 Å². The van der Waals surface area contributed by atoms with Crippen molar-refractivity contribution in [3.8, 4) is 0 Å². The van der Waals surface area contributed by atoms with Crippen LogP contribution in [0.5, 0.6) is 0 Å². The van der Waals surface area contributed by atoms with Gasteiger partial charge < -0.3 is 10.2 Å². The molecule has 0 saturated heterocycles. The Hall–Kier alpha value is -1.06. The third-order valence-electron chi connectivity index (χ3n) is 2.81. The summed E-state index contributed by atoms with van der Waals surface area (Å²) in [7, 11) is 0. The SMILES string of the molecule is CCC(C(=O)O)C(C)(O)c1ccc(Cl)cc1. The second kappa shape index (κ2) is 4.85. The van der Waals surface area contributed by atoms with Crippen LogP contribution in [-0.4, -0.2) is 16.2 Å². The molecule has 0 spiro atoms. The zero-order chi connectivity index (χ0) is 12.3. The molecule has 0 heterocycles. The summed E-state index contributed by atoms with van der Waals surface area (Å²) in [4.78, 5) is 11.0. The number of aliphatic hydroxyl groups is 1. The van der Waals surface area contributed by atoms with Crippen LogP contribution in [0, 0.1) is 5.92 Å². The molecule has 0 aliphatic heterocycles. The van der Waals surface area contributed by atoms with E-state index in [1.54, 1.807) is 31.2 Å². The standard InChI is InChI=1S/C12H15ClO3/c1-3-10(11(14)15)12(2,16)8-4-6-9(13)7-5-8/h4-7,10,16H,3H2,1-2H3,(H,14,15). The van der Waals surface area contributed by atoms with Crippen molar-refractivity contribution in [2.45, 2.75) is 25.9 Å². The first-order valence-corrected chi connectivity index (χ1v) is 5.48. The molecule has 0 bridgehead atoms. The van der Waals surface area contributed by atoms with Crippen LogP contribution in [0.3, 0.4) is 0 Å². The maximum absolute atomic E-state index is 11.0. The van der Waals surface area contributed by atoms with Crippen LogP contribution in [0.1, 0.15) is 25.8 Å². The van der Waals surface area contributed by atoms with Crippen molar-refractivity contribution in [2.24, 2.45) is 5.92 Å². The van der Waals surface area contributed by atoms with Gasteiger partial charge in [-0.25, -0.2) is 0 Å². The van der Waals surface area contributed by atoms with Crippen molar-refractivity contribution < 1.29 is 15.0 Å². The van der Waals surface area contributed by atoms with Gasteiger partial charge in [-0.2, -0.15) is 0 Å². The topological polar surface area (TPSA) is 57.5 Å². The fourth-order valence-electron chi connectivity index (χ4n) is 1.80. The summed E-state index contributed by atoms with van der Waals surface area (Å²) in [6.45, 7) is 3.25. The van der Waals surface area contributed by atoms with Gasteiger partial charge in [0, 0.05) is 5.02 Å². The van der Waals surface area contributed by atoms with Crippen LogP contribution in [0.2, 0.25) is 5.02 Å². The van der Waals surface area contributed by atoms with Gasteiger partial charge in [0.2, 0.25) is 0 Å². The van der Waals surface area contributed by atoms with E-state index in [-0.39, 0.29) is 0 Å². The fourth-order valence-corrected chi connectivity index (χ4v) is 1.93. The summed E-state index contributed by atoms with van der Waals surface area (Å²) in [6.07, 6.45) is 0.366. The number of carbonyl (C=O) groups is 1. The summed E-state index contributed by atoms with van der Waals surface area (Å²) < 4.78 is 0. The number of carboxylic acids is 1. The molecule has 3 nitrogen and oxygen atoms in total. The summed E-state index contributed by atoms with van der Waals surface area (Å²) in [6, 6.07) is 6.57. The van der Waals surface area contributed by atoms with Crippen LogP contribution in [-0.2, 0) is 10.4 Å². The van der Waals surface area contributed by atoms with Crippen LogP contribution in [0.25, 0.3) is 0 Å². The lowest BCUT2D eigenvalue weighted by atomic mass is 9.81. The average molecular weight is 243 g/mol. The molecule has 1 aromatic carbocycles. The van der Waals surface area contributed by atoms with E-state index in [9.17, 15) is 9.90 Å². The van der Waals surface area contributed by atoms with Crippen LogP contribution >= 0.6 is 11.6 Å². The normalized spacial score (nSPS) is 16.5. The van der Waals surface area contributed by atoms with Crippen molar-refractivity contribution in [1.29, 1.82) is 0 Å². The monoisotopic (exact) mass is 242 g/mol. The fraction of sp³-hybridized carbons (Fsp3) is 0.417. The van der Waals surface area contributed by atoms with Gasteiger partial charge in [0.1, 0.15) is 5.60 Å². The second-order valence-electron chi connectivity index (χ2n) is 3.95. The summed E-state index contributed by atoms with van der Waals surface area (Å²) in [5, 5.41) is 19.9. The third-order valence-corrected chi connectivity index (χ3v) is 3.07. The van der Waals surface area contributed by atoms with Gasteiger partial charge in [-0.1, -0.05) is 30.7 Å². The molecule has 2 N–H and O–H groups in total. The molecular formula is C12H15ClO3. The molecule has 88 valence electrons. The Labute approximate surface area is 99.7 Å². The zero-order valence-corrected chi connectivity index (χ0v) is 10.0. The van der Waals surface area contributed by atoms with Crippen molar-refractivity contribution in [3.05, 3.63) is 34.9 Å². The molecule has 0 aliphatic rings. The van der Waals surface area contributed by atoms with E-state index < -0.39 is 17.5 Å². The molecule has 0 saturated carbocycles. The average Bonchev–Trinajstić information content (AvgIpc) is 2.18. The highest BCUT2D eigenvalue weighted by Gasteiger charge is 2.37. The first kappa shape index (κ1) is 13.0. The minimum atomic E-state index is -1.38. The van der Waals surface area contributed by atoms with Gasteiger partial charge >= 0.3 is 5.97 Å². The van der Waals surface area contributed by atoms with Crippen molar-refractivity contribution >= 4 is 17.6 Å². The minimum absolute atomic E-state index is 0.366. The molecule has 2 unspecified atom stereocenters. The minimum Gasteiger partial charge on any atom is -0.481 e.